The molecule has 1 saturated heterocycles. The van der Waals surface area contributed by atoms with E-state index in [9.17, 15) is 4.79 Å². The lowest BCUT2D eigenvalue weighted by Gasteiger charge is -2.32. The average Bonchev–Trinajstić information content (AvgIpc) is 2.46. The van der Waals surface area contributed by atoms with Crippen LogP contribution in [-0.2, 0) is 0 Å². The van der Waals surface area contributed by atoms with Gasteiger partial charge in [0.25, 0.3) is 5.91 Å². The van der Waals surface area contributed by atoms with Gasteiger partial charge in [-0.3, -0.25) is 9.78 Å². The van der Waals surface area contributed by atoms with Gasteiger partial charge in [0.15, 0.2) is 0 Å². The van der Waals surface area contributed by atoms with Crippen molar-refractivity contribution in [3.05, 3.63) is 30.1 Å². The first-order chi connectivity index (χ1) is 8.72. The molecule has 0 aliphatic carbocycles. The predicted molar refractivity (Wildman–Crippen MR) is 66.3 cm³/mol. The number of carbonyl (C=O) groups is 1. The fourth-order valence-electron chi connectivity index (χ4n) is 2.16. The van der Waals surface area contributed by atoms with Gasteiger partial charge in [-0.15, -0.1) is 0 Å². The molecule has 1 atom stereocenters. The van der Waals surface area contributed by atoms with Gasteiger partial charge in [-0.05, 0) is 25.0 Å². The van der Waals surface area contributed by atoms with Crippen molar-refractivity contribution in [2.24, 2.45) is 16.8 Å². The number of hydrogen-bond acceptors (Lipinski definition) is 4. The average molecular weight is 248 g/mol. The van der Waals surface area contributed by atoms with Gasteiger partial charge in [0, 0.05) is 31.4 Å². The standard InChI is InChI=1S/C12H16N4O2/c13-11(15-18)10-4-2-6-16(8-10)12(17)9-3-1-5-14-7-9/h1,3,5,7,10,18H,2,4,6,8H2,(H2,13,15). The van der Waals surface area contributed by atoms with Crippen LogP contribution < -0.4 is 5.73 Å². The van der Waals surface area contributed by atoms with Gasteiger partial charge >= 0.3 is 0 Å². The van der Waals surface area contributed by atoms with Crippen LogP contribution >= 0.6 is 0 Å². The lowest BCUT2D eigenvalue weighted by Crippen LogP contribution is -2.44. The normalized spacial score (nSPS) is 20.8. The summed E-state index contributed by atoms with van der Waals surface area (Å²) in [5.41, 5.74) is 6.17. The summed E-state index contributed by atoms with van der Waals surface area (Å²) in [4.78, 5) is 17.9. The number of oxime groups is 1. The van der Waals surface area contributed by atoms with E-state index in [0.29, 0.717) is 18.7 Å². The zero-order chi connectivity index (χ0) is 13.0. The van der Waals surface area contributed by atoms with Crippen molar-refractivity contribution in [1.82, 2.24) is 9.88 Å². The molecule has 0 spiro atoms. The Balaban J connectivity index is 2.08. The van der Waals surface area contributed by atoms with Crippen molar-refractivity contribution in [2.45, 2.75) is 12.8 Å². The summed E-state index contributed by atoms with van der Waals surface area (Å²) in [6.07, 6.45) is 4.88. The molecule has 0 aromatic carbocycles. The highest BCUT2D eigenvalue weighted by Gasteiger charge is 2.26. The molecule has 6 heteroatoms. The van der Waals surface area contributed by atoms with Crippen molar-refractivity contribution in [1.29, 1.82) is 0 Å². The summed E-state index contributed by atoms with van der Waals surface area (Å²) >= 11 is 0. The number of carbonyl (C=O) groups excluding carboxylic acids is 1. The van der Waals surface area contributed by atoms with Crippen LogP contribution in [0.15, 0.2) is 29.7 Å². The Morgan fingerprint density at radius 1 is 1.61 bits per heavy atom. The van der Waals surface area contributed by atoms with E-state index >= 15 is 0 Å². The summed E-state index contributed by atoms with van der Waals surface area (Å²) in [5.74, 6) is 0.0709. The molecule has 0 radical (unpaired) electrons. The summed E-state index contributed by atoms with van der Waals surface area (Å²) < 4.78 is 0. The lowest BCUT2D eigenvalue weighted by atomic mass is 9.96. The van der Waals surface area contributed by atoms with Crippen LogP contribution in [0.3, 0.4) is 0 Å². The molecule has 1 aromatic heterocycles. The second-order valence-electron chi connectivity index (χ2n) is 4.36. The van der Waals surface area contributed by atoms with E-state index in [4.69, 9.17) is 10.9 Å². The van der Waals surface area contributed by atoms with E-state index in [2.05, 4.69) is 10.1 Å². The molecule has 2 rings (SSSR count). The molecule has 1 aromatic rings. The van der Waals surface area contributed by atoms with E-state index in [1.54, 1.807) is 29.4 Å². The van der Waals surface area contributed by atoms with Gasteiger partial charge in [-0.1, -0.05) is 5.16 Å². The number of hydrogen-bond donors (Lipinski definition) is 2. The number of likely N-dealkylation sites (tertiary alicyclic amines) is 1. The summed E-state index contributed by atoms with van der Waals surface area (Å²) in [6, 6.07) is 3.47. The monoisotopic (exact) mass is 248 g/mol. The van der Waals surface area contributed by atoms with Crippen LogP contribution in [0.4, 0.5) is 0 Å². The molecule has 3 N–H and O–H groups in total. The summed E-state index contributed by atoms with van der Waals surface area (Å²) in [7, 11) is 0. The number of nitrogens with zero attached hydrogens (tertiary/aromatic N) is 3. The molecule has 1 fully saturated rings. The highest BCUT2D eigenvalue weighted by molar-refractivity contribution is 5.94. The van der Waals surface area contributed by atoms with Crippen LogP contribution in [0.2, 0.25) is 0 Å². The molecule has 2 heterocycles. The summed E-state index contributed by atoms with van der Waals surface area (Å²) in [5, 5.41) is 11.7. The molecule has 1 amide bonds. The van der Waals surface area contributed by atoms with E-state index in [1.165, 1.54) is 0 Å². The molecule has 18 heavy (non-hydrogen) atoms. The van der Waals surface area contributed by atoms with Crippen LogP contribution in [0.25, 0.3) is 0 Å². The van der Waals surface area contributed by atoms with Crippen molar-refractivity contribution < 1.29 is 10.0 Å². The Hall–Kier alpha value is -2.11. The maximum absolute atomic E-state index is 12.2. The van der Waals surface area contributed by atoms with E-state index in [1.807, 2.05) is 0 Å². The number of piperidine rings is 1. The van der Waals surface area contributed by atoms with Gasteiger partial charge in [-0.2, -0.15) is 0 Å². The molecule has 1 unspecified atom stereocenters. The molecule has 1 aliphatic rings. The van der Waals surface area contributed by atoms with Gasteiger partial charge in [0.2, 0.25) is 0 Å². The van der Waals surface area contributed by atoms with Gasteiger partial charge < -0.3 is 15.8 Å². The van der Waals surface area contributed by atoms with Gasteiger partial charge in [0.05, 0.1) is 5.56 Å². The Morgan fingerprint density at radius 3 is 3.11 bits per heavy atom. The van der Waals surface area contributed by atoms with E-state index in [-0.39, 0.29) is 17.7 Å². The zero-order valence-corrected chi connectivity index (χ0v) is 9.99. The number of rotatable bonds is 2. The van der Waals surface area contributed by atoms with Crippen molar-refractivity contribution in [3.63, 3.8) is 0 Å². The third kappa shape index (κ3) is 2.58. The zero-order valence-electron chi connectivity index (χ0n) is 9.99. The molecular formula is C12H16N4O2. The highest BCUT2D eigenvalue weighted by Crippen LogP contribution is 2.18. The number of amidine groups is 1. The Morgan fingerprint density at radius 2 is 2.44 bits per heavy atom. The number of aromatic nitrogens is 1. The Kier molecular flexibility index (Phi) is 3.76. The number of pyridine rings is 1. The molecule has 6 nitrogen and oxygen atoms in total. The van der Waals surface area contributed by atoms with Crippen molar-refractivity contribution in [2.75, 3.05) is 13.1 Å². The molecule has 0 saturated carbocycles. The highest BCUT2D eigenvalue weighted by atomic mass is 16.4. The minimum absolute atomic E-state index is 0.0569. The first-order valence-corrected chi connectivity index (χ1v) is 5.89. The smallest absolute Gasteiger partial charge is 0.255 e. The minimum atomic E-state index is -0.0654. The van der Waals surface area contributed by atoms with Crippen LogP contribution in [0.1, 0.15) is 23.2 Å². The van der Waals surface area contributed by atoms with Crippen molar-refractivity contribution >= 4 is 11.7 Å². The first kappa shape index (κ1) is 12.3. The van der Waals surface area contributed by atoms with Crippen molar-refractivity contribution in [3.8, 4) is 0 Å². The third-order valence-electron chi connectivity index (χ3n) is 3.15. The Bertz CT molecular complexity index is 447. The third-order valence-corrected chi connectivity index (χ3v) is 3.15. The van der Waals surface area contributed by atoms with E-state index < -0.39 is 0 Å². The quantitative estimate of drug-likeness (QED) is 0.348. The molecular weight excluding hydrogens is 232 g/mol. The van der Waals surface area contributed by atoms with E-state index in [0.717, 1.165) is 12.8 Å². The summed E-state index contributed by atoms with van der Waals surface area (Å²) in [6.45, 7) is 1.19. The fourth-order valence-corrected chi connectivity index (χ4v) is 2.16. The maximum Gasteiger partial charge on any atom is 0.255 e. The predicted octanol–water partition coefficient (Wildman–Crippen LogP) is 0.680. The molecule has 0 bridgehead atoms. The number of nitrogens with two attached hydrogens (primary N) is 1. The largest absolute Gasteiger partial charge is 0.409 e. The van der Waals surface area contributed by atoms with Gasteiger partial charge in [0.1, 0.15) is 5.84 Å². The SMILES string of the molecule is NC(=NO)C1CCCN(C(=O)c2cccnc2)C1. The number of amides is 1. The molecule has 96 valence electrons. The van der Waals surface area contributed by atoms with Crippen LogP contribution in [-0.4, -0.2) is 39.9 Å². The topological polar surface area (TPSA) is 91.8 Å². The van der Waals surface area contributed by atoms with Gasteiger partial charge in [-0.25, -0.2) is 0 Å². The van der Waals surface area contributed by atoms with Crippen LogP contribution in [0.5, 0.6) is 0 Å². The molecule has 1 aliphatic heterocycles. The van der Waals surface area contributed by atoms with Crippen LogP contribution in [0, 0.1) is 5.92 Å². The fraction of sp³-hybridized carbons (Fsp3) is 0.417. The minimum Gasteiger partial charge on any atom is -0.409 e. The maximum atomic E-state index is 12.2. The second kappa shape index (κ2) is 5.48. The lowest BCUT2D eigenvalue weighted by molar-refractivity contribution is 0.0701. The Labute approximate surface area is 105 Å². The second-order valence-corrected chi connectivity index (χ2v) is 4.36. The first-order valence-electron chi connectivity index (χ1n) is 5.89.